The second kappa shape index (κ2) is 8.49. The molecule has 112 valence electrons. The Morgan fingerprint density at radius 1 is 1.29 bits per heavy atom. The lowest BCUT2D eigenvalue weighted by Gasteiger charge is -2.05. The maximum atomic E-state index is 12.2. The molecule has 0 aliphatic heterocycles. The van der Waals surface area contributed by atoms with Crippen molar-refractivity contribution in [1.29, 1.82) is 0 Å². The molecule has 0 aliphatic carbocycles. The highest BCUT2D eigenvalue weighted by atomic mass is 32.2. The number of H-pyrrole nitrogens is 1. The number of aromatic amines is 1. The van der Waals surface area contributed by atoms with Gasteiger partial charge in [-0.1, -0.05) is 30.3 Å². The van der Waals surface area contributed by atoms with Crippen LogP contribution in [0.25, 0.3) is 11.3 Å². The van der Waals surface area contributed by atoms with Crippen LogP contribution in [-0.2, 0) is 0 Å². The molecule has 0 fully saturated rings. The maximum absolute atomic E-state index is 12.2. The number of nitrogens with one attached hydrogen (secondary N) is 2. The van der Waals surface area contributed by atoms with Crippen molar-refractivity contribution in [3.63, 3.8) is 0 Å². The number of hydrogen-bond donors (Lipinski definition) is 3. The molecule has 0 unspecified atom stereocenters. The molecule has 1 aromatic carbocycles. The SMILES string of the molecule is O=C(NCCSCCCO)c1cn[nH]c1-c1ccccc1. The predicted molar refractivity (Wildman–Crippen MR) is 85.4 cm³/mol. The lowest BCUT2D eigenvalue weighted by molar-refractivity contribution is 0.0957. The number of aliphatic hydroxyl groups is 1. The average Bonchev–Trinajstić information content (AvgIpc) is 3.01. The molecule has 0 bridgehead atoms. The lowest BCUT2D eigenvalue weighted by Crippen LogP contribution is -2.26. The van der Waals surface area contributed by atoms with E-state index >= 15 is 0 Å². The molecule has 1 heterocycles. The zero-order valence-corrected chi connectivity index (χ0v) is 12.5. The molecule has 5 nitrogen and oxygen atoms in total. The summed E-state index contributed by atoms with van der Waals surface area (Å²) in [7, 11) is 0. The number of carbonyl (C=O) groups is 1. The summed E-state index contributed by atoms with van der Waals surface area (Å²) in [4.78, 5) is 12.2. The minimum atomic E-state index is -0.120. The quantitative estimate of drug-likeness (QED) is 0.651. The average molecular weight is 305 g/mol. The Hall–Kier alpha value is -1.79. The number of nitrogens with zero attached hydrogens (tertiary/aromatic N) is 1. The van der Waals surface area contributed by atoms with E-state index in [4.69, 9.17) is 5.11 Å². The number of aliphatic hydroxyl groups excluding tert-OH is 1. The first-order valence-corrected chi connectivity index (χ1v) is 8.04. The third kappa shape index (κ3) is 4.61. The molecular weight excluding hydrogens is 286 g/mol. The number of aromatic nitrogens is 2. The van der Waals surface area contributed by atoms with E-state index in [1.807, 2.05) is 30.3 Å². The molecule has 6 heteroatoms. The first-order chi connectivity index (χ1) is 10.3. The Bertz CT molecular complexity index is 557. The molecule has 0 spiro atoms. The van der Waals surface area contributed by atoms with Gasteiger partial charge in [0.15, 0.2) is 0 Å². The van der Waals surface area contributed by atoms with Crippen molar-refractivity contribution in [3.8, 4) is 11.3 Å². The molecule has 0 aliphatic rings. The second-order valence-electron chi connectivity index (χ2n) is 4.47. The first kappa shape index (κ1) is 15.6. The number of carbonyl (C=O) groups excluding carboxylic acids is 1. The van der Waals surface area contributed by atoms with Crippen molar-refractivity contribution in [2.45, 2.75) is 6.42 Å². The Labute approximate surface area is 128 Å². The molecule has 2 aromatic rings. The van der Waals surface area contributed by atoms with Gasteiger partial charge in [0.1, 0.15) is 0 Å². The molecule has 0 atom stereocenters. The number of thioether (sulfide) groups is 1. The topological polar surface area (TPSA) is 78.0 Å². The minimum Gasteiger partial charge on any atom is -0.396 e. The largest absolute Gasteiger partial charge is 0.396 e. The number of amides is 1. The van der Waals surface area contributed by atoms with Crippen LogP contribution >= 0.6 is 11.8 Å². The third-order valence-corrected chi connectivity index (χ3v) is 4.00. The molecular formula is C15H19N3O2S. The summed E-state index contributed by atoms with van der Waals surface area (Å²) in [5.41, 5.74) is 2.24. The summed E-state index contributed by atoms with van der Waals surface area (Å²) in [6.07, 6.45) is 2.34. The Morgan fingerprint density at radius 3 is 2.86 bits per heavy atom. The van der Waals surface area contributed by atoms with E-state index in [2.05, 4.69) is 15.5 Å². The fourth-order valence-electron chi connectivity index (χ4n) is 1.88. The van der Waals surface area contributed by atoms with Crippen LogP contribution in [-0.4, -0.2) is 45.9 Å². The minimum absolute atomic E-state index is 0.120. The van der Waals surface area contributed by atoms with Crippen LogP contribution in [0.3, 0.4) is 0 Å². The molecule has 0 saturated carbocycles. The summed E-state index contributed by atoms with van der Waals surface area (Å²) >= 11 is 1.72. The van der Waals surface area contributed by atoms with Gasteiger partial charge in [-0.2, -0.15) is 16.9 Å². The van der Waals surface area contributed by atoms with E-state index in [-0.39, 0.29) is 12.5 Å². The fourth-order valence-corrected chi connectivity index (χ4v) is 2.67. The van der Waals surface area contributed by atoms with Gasteiger partial charge in [0.05, 0.1) is 17.5 Å². The van der Waals surface area contributed by atoms with Gasteiger partial charge in [0.2, 0.25) is 0 Å². The van der Waals surface area contributed by atoms with Gasteiger partial charge in [-0.05, 0) is 12.2 Å². The van der Waals surface area contributed by atoms with Crippen molar-refractivity contribution < 1.29 is 9.90 Å². The van der Waals surface area contributed by atoms with Gasteiger partial charge in [-0.25, -0.2) is 0 Å². The molecule has 1 aromatic heterocycles. The van der Waals surface area contributed by atoms with Crippen LogP contribution in [0.1, 0.15) is 16.8 Å². The lowest BCUT2D eigenvalue weighted by atomic mass is 10.1. The van der Waals surface area contributed by atoms with Crippen LogP contribution < -0.4 is 5.32 Å². The van der Waals surface area contributed by atoms with Crippen LogP contribution in [0.15, 0.2) is 36.5 Å². The number of benzene rings is 1. The van der Waals surface area contributed by atoms with Gasteiger partial charge in [-0.15, -0.1) is 0 Å². The molecule has 2 rings (SSSR count). The fraction of sp³-hybridized carbons (Fsp3) is 0.333. The van der Waals surface area contributed by atoms with Crippen molar-refractivity contribution >= 4 is 17.7 Å². The van der Waals surface area contributed by atoms with Gasteiger partial charge in [0.25, 0.3) is 5.91 Å². The van der Waals surface area contributed by atoms with Crippen molar-refractivity contribution in [3.05, 3.63) is 42.1 Å². The monoisotopic (exact) mass is 305 g/mol. The predicted octanol–water partition coefficient (Wildman–Crippen LogP) is 1.92. The summed E-state index contributed by atoms with van der Waals surface area (Å²) in [5.74, 6) is 1.63. The van der Waals surface area contributed by atoms with Gasteiger partial charge >= 0.3 is 0 Å². The number of hydrogen-bond acceptors (Lipinski definition) is 4. The van der Waals surface area contributed by atoms with Gasteiger partial charge in [-0.3, -0.25) is 9.89 Å². The van der Waals surface area contributed by atoms with Crippen molar-refractivity contribution in [1.82, 2.24) is 15.5 Å². The normalized spacial score (nSPS) is 10.5. The first-order valence-electron chi connectivity index (χ1n) is 6.88. The van der Waals surface area contributed by atoms with E-state index < -0.39 is 0 Å². The second-order valence-corrected chi connectivity index (χ2v) is 5.69. The van der Waals surface area contributed by atoms with Gasteiger partial charge in [0, 0.05) is 24.5 Å². The maximum Gasteiger partial charge on any atom is 0.255 e. The molecule has 1 amide bonds. The smallest absolute Gasteiger partial charge is 0.255 e. The van der Waals surface area contributed by atoms with E-state index in [0.29, 0.717) is 12.1 Å². The molecule has 0 saturated heterocycles. The zero-order valence-electron chi connectivity index (χ0n) is 11.7. The molecule has 0 radical (unpaired) electrons. The zero-order chi connectivity index (χ0) is 14.9. The van der Waals surface area contributed by atoms with Crippen LogP contribution in [0.5, 0.6) is 0 Å². The summed E-state index contributed by atoms with van der Waals surface area (Å²) in [5, 5.41) is 18.4. The van der Waals surface area contributed by atoms with Crippen LogP contribution in [0.2, 0.25) is 0 Å². The highest BCUT2D eigenvalue weighted by molar-refractivity contribution is 7.99. The van der Waals surface area contributed by atoms with E-state index in [9.17, 15) is 4.79 Å². The molecule has 3 N–H and O–H groups in total. The standard InChI is InChI=1S/C15H19N3O2S/c19-8-4-9-21-10-7-16-15(20)13-11-17-18-14(13)12-5-2-1-3-6-12/h1-3,5-6,11,19H,4,7-10H2,(H,16,20)(H,17,18). The van der Waals surface area contributed by atoms with E-state index in [1.165, 1.54) is 0 Å². The van der Waals surface area contributed by atoms with Crippen molar-refractivity contribution in [2.75, 3.05) is 24.7 Å². The summed E-state index contributed by atoms with van der Waals surface area (Å²) < 4.78 is 0. The Balaban J connectivity index is 1.88. The molecule has 21 heavy (non-hydrogen) atoms. The highest BCUT2D eigenvalue weighted by Crippen LogP contribution is 2.20. The van der Waals surface area contributed by atoms with Gasteiger partial charge < -0.3 is 10.4 Å². The van der Waals surface area contributed by atoms with E-state index in [1.54, 1.807) is 18.0 Å². The third-order valence-electron chi connectivity index (χ3n) is 2.93. The summed E-state index contributed by atoms with van der Waals surface area (Å²) in [6, 6.07) is 9.67. The Kier molecular flexibility index (Phi) is 6.30. The van der Waals surface area contributed by atoms with Crippen LogP contribution in [0.4, 0.5) is 0 Å². The van der Waals surface area contributed by atoms with Crippen LogP contribution in [0, 0.1) is 0 Å². The van der Waals surface area contributed by atoms with E-state index in [0.717, 1.165) is 29.2 Å². The summed E-state index contributed by atoms with van der Waals surface area (Å²) in [6.45, 7) is 0.823. The van der Waals surface area contributed by atoms with Crippen molar-refractivity contribution in [2.24, 2.45) is 0 Å². The Morgan fingerprint density at radius 2 is 2.10 bits per heavy atom. The number of rotatable bonds is 8. The highest BCUT2D eigenvalue weighted by Gasteiger charge is 2.14.